The molecule has 2 rings (SSSR count). The lowest BCUT2D eigenvalue weighted by molar-refractivity contribution is 0.590. The molecule has 1 unspecified atom stereocenters. The van der Waals surface area contributed by atoms with E-state index in [1.165, 1.54) is 0 Å². The lowest BCUT2D eigenvalue weighted by Gasteiger charge is -2.09. The van der Waals surface area contributed by atoms with Crippen molar-refractivity contribution in [2.24, 2.45) is 0 Å². The molecule has 0 saturated heterocycles. The summed E-state index contributed by atoms with van der Waals surface area (Å²) in [6, 6.07) is 13.8. The Balaban J connectivity index is 2.44. The molecule has 0 aliphatic rings. The summed E-state index contributed by atoms with van der Waals surface area (Å²) < 4.78 is 25.2. The fraction of sp³-hybridized carbons (Fsp3) is 0.235. The molecule has 21 heavy (non-hydrogen) atoms. The number of rotatable bonds is 4. The van der Waals surface area contributed by atoms with E-state index >= 15 is 0 Å². The Hall–Kier alpha value is -2.12. The topological polar surface area (TPSA) is 38.5 Å². The van der Waals surface area contributed by atoms with Crippen molar-refractivity contribution in [3.8, 4) is 0 Å². The third-order valence-corrected chi connectivity index (χ3v) is 5.33. The highest BCUT2D eigenvalue weighted by atomic mass is 32.2. The fourth-order valence-electron chi connectivity index (χ4n) is 2.10. The van der Waals surface area contributed by atoms with Crippen LogP contribution in [0.3, 0.4) is 0 Å². The molecule has 1 atom stereocenters. The van der Waals surface area contributed by atoms with Gasteiger partial charge in [-0.25, -0.2) is 15.0 Å². The molecule has 4 heteroatoms. The van der Waals surface area contributed by atoms with Crippen LogP contribution in [0.2, 0.25) is 0 Å². The molecule has 0 aliphatic heterocycles. The van der Waals surface area contributed by atoms with Gasteiger partial charge in [0.05, 0.1) is 10.5 Å². The summed E-state index contributed by atoms with van der Waals surface area (Å²) in [5, 5.41) is -1.19. The number of sulfone groups is 1. The van der Waals surface area contributed by atoms with Gasteiger partial charge in [-0.2, -0.15) is 0 Å². The summed E-state index contributed by atoms with van der Waals surface area (Å²) in [6.07, 6.45) is 0.883. The number of hydrogen-bond donors (Lipinski definition) is 0. The zero-order chi connectivity index (χ0) is 15.5. The van der Waals surface area contributed by atoms with Gasteiger partial charge in [-0.1, -0.05) is 36.8 Å². The van der Waals surface area contributed by atoms with Crippen LogP contribution in [-0.2, 0) is 16.3 Å². The van der Waals surface area contributed by atoms with Gasteiger partial charge in [0.25, 0.3) is 9.84 Å². The molecule has 0 bridgehead atoms. The Bertz CT molecular complexity index is 754. The molecule has 0 spiro atoms. The van der Waals surface area contributed by atoms with Crippen LogP contribution >= 0.6 is 0 Å². The van der Waals surface area contributed by atoms with E-state index in [4.69, 9.17) is 6.57 Å². The van der Waals surface area contributed by atoms with Crippen LogP contribution in [0.1, 0.15) is 29.0 Å². The van der Waals surface area contributed by atoms with E-state index in [2.05, 4.69) is 4.85 Å². The standard InChI is InChI=1S/C17H17NO2S/c1-4-14-7-9-15(10-8-14)17(18-3)21(19,20)16-11-5-13(2)6-12-16/h5-12,17H,4H2,1-2H3. The van der Waals surface area contributed by atoms with E-state index in [-0.39, 0.29) is 4.90 Å². The molecule has 3 nitrogen and oxygen atoms in total. The SMILES string of the molecule is [C-]#[N+]C(c1ccc(CC)cc1)S(=O)(=O)c1ccc(C)cc1. The molecule has 0 aromatic heterocycles. The van der Waals surface area contributed by atoms with E-state index in [0.717, 1.165) is 17.5 Å². The van der Waals surface area contributed by atoms with Gasteiger partial charge in [0.2, 0.25) is 0 Å². The van der Waals surface area contributed by atoms with Crippen molar-refractivity contribution < 1.29 is 8.42 Å². The first kappa shape index (κ1) is 15.3. The van der Waals surface area contributed by atoms with Crippen LogP contribution in [0.5, 0.6) is 0 Å². The summed E-state index contributed by atoms with van der Waals surface area (Å²) in [6.45, 7) is 11.2. The molecule has 0 N–H and O–H groups in total. The Labute approximate surface area is 126 Å². The van der Waals surface area contributed by atoms with Crippen LogP contribution in [-0.4, -0.2) is 8.42 Å². The van der Waals surface area contributed by atoms with Crippen LogP contribution in [0.15, 0.2) is 53.4 Å². The molecule has 0 fully saturated rings. The maximum absolute atomic E-state index is 12.6. The van der Waals surface area contributed by atoms with Crippen LogP contribution in [0.4, 0.5) is 0 Å². The maximum Gasteiger partial charge on any atom is 0.350 e. The van der Waals surface area contributed by atoms with Crippen LogP contribution in [0, 0.1) is 13.5 Å². The summed E-state index contributed by atoms with van der Waals surface area (Å²) in [5.41, 5.74) is 2.62. The molecular formula is C17H17NO2S. The number of aryl methyl sites for hydroxylation is 2. The number of nitrogens with zero attached hydrogens (tertiary/aromatic N) is 1. The monoisotopic (exact) mass is 299 g/mol. The molecule has 108 valence electrons. The van der Waals surface area contributed by atoms with Gasteiger partial charge in [-0.15, -0.1) is 0 Å². The van der Waals surface area contributed by atoms with Crippen molar-refractivity contribution in [3.05, 3.63) is 76.6 Å². The largest absolute Gasteiger partial charge is 0.350 e. The van der Waals surface area contributed by atoms with Crippen molar-refractivity contribution in [1.82, 2.24) is 0 Å². The minimum atomic E-state index is -3.69. The van der Waals surface area contributed by atoms with Gasteiger partial charge >= 0.3 is 5.37 Å². The lowest BCUT2D eigenvalue weighted by atomic mass is 10.1. The van der Waals surface area contributed by atoms with E-state index < -0.39 is 15.2 Å². The first-order valence-electron chi connectivity index (χ1n) is 6.75. The van der Waals surface area contributed by atoms with Gasteiger partial charge in [-0.05, 0) is 43.2 Å². The van der Waals surface area contributed by atoms with Gasteiger partial charge < -0.3 is 0 Å². The highest BCUT2D eigenvalue weighted by Gasteiger charge is 2.34. The average molecular weight is 299 g/mol. The van der Waals surface area contributed by atoms with Gasteiger partial charge in [0, 0.05) is 0 Å². The predicted molar refractivity (Wildman–Crippen MR) is 83.5 cm³/mol. The summed E-state index contributed by atoms with van der Waals surface area (Å²) >= 11 is 0. The second-order valence-corrected chi connectivity index (χ2v) is 6.94. The van der Waals surface area contributed by atoms with E-state index in [9.17, 15) is 8.42 Å². The first-order valence-corrected chi connectivity index (χ1v) is 8.29. The van der Waals surface area contributed by atoms with Gasteiger partial charge in [-0.3, -0.25) is 4.85 Å². The Morgan fingerprint density at radius 1 is 1.05 bits per heavy atom. The minimum absolute atomic E-state index is 0.189. The van der Waals surface area contributed by atoms with E-state index in [1.807, 2.05) is 26.0 Å². The molecule has 0 heterocycles. The lowest BCUT2D eigenvalue weighted by Crippen LogP contribution is -2.10. The summed E-state index contributed by atoms with van der Waals surface area (Å²) in [7, 11) is -3.69. The normalized spacial score (nSPS) is 12.6. The van der Waals surface area contributed by atoms with Crippen LogP contribution in [0.25, 0.3) is 4.85 Å². The predicted octanol–water partition coefficient (Wildman–Crippen LogP) is 3.95. The Kier molecular flexibility index (Phi) is 4.44. The van der Waals surface area contributed by atoms with Crippen LogP contribution < -0.4 is 0 Å². The fourth-order valence-corrected chi connectivity index (χ4v) is 3.53. The second-order valence-electron chi connectivity index (χ2n) is 4.93. The van der Waals surface area contributed by atoms with Gasteiger partial charge in [0.15, 0.2) is 0 Å². The third-order valence-electron chi connectivity index (χ3n) is 3.43. The summed E-state index contributed by atoms with van der Waals surface area (Å²) in [5.74, 6) is 0. The van der Waals surface area contributed by atoms with Crippen molar-refractivity contribution in [2.75, 3.05) is 0 Å². The zero-order valence-corrected chi connectivity index (χ0v) is 12.9. The third kappa shape index (κ3) is 3.14. The first-order chi connectivity index (χ1) is 9.98. The highest BCUT2D eigenvalue weighted by molar-refractivity contribution is 7.91. The maximum atomic E-state index is 12.6. The minimum Gasteiger partial charge on any atom is -0.291 e. The van der Waals surface area contributed by atoms with Crippen molar-refractivity contribution >= 4 is 9.84 Å². The second kappa shape index (κ2) is 6.11. The smallest absolute Gasteiger partial charge is 0.291 e. The number of hydrogen-bond acceptors (Lipinski definition) is 2. The Morgan fingerprint density at radius 2 is 1.62 bits per heavy atom. The molecule has 0 radical (unpaired) electrons. The Morgan fingerprint density at radius 3 is 2.10 bits per heavy atom. The highest BCUT2D eigenvalue weighted by Crippen LogP contribution is 2.30. The average Bonchev–Trinajstić information content (AvgIpc) is 2.49. The quantitative estimate of drug-likeness (QED) is 0.802. The van der Waals surface area contributed by atoms with E-state index in [0.29, 0.717) is 5.56 Å². The van der Waals surface area contributed by atoms with E-state index in [1.54, 1.807) is 36.4 Å². The molecule has 2 aromatic rings. The van der Waals surface area contributed by atoms with Crippen molar-refractivity contribution in [3.63, 3.8) is 0 Å². The molecule has 0 saturated carbocycles. The van der Waals surface area contributed by atoms with Crippen molar-refractivity contribution in [1.29, 1.82) is 0 Å². The molecule has 2 aromatic carbocycles. The zero-order valence-electron chi connectivity index (χ0n) is 12.1. The van der Waals surface area contributed by atoms with Gasteiger partial charge in [0.1, 0.15) is 0 Å². The molecule has 0 aliphatic carbocycles. The molecule has 0 amide bonds. The van der Waals surface area contributed by atoms with Crippen molar-refractivity contribution in [2.45, 2.75) is 30.5 Å². The molecular weight excluding hydrogens is 282 g/mol. The summed E-state index contributed by atoms with van der Waals surface area (Å²) in [4.78, 5) is 3.53. The number of benzene rings is 2.